The Morgan fingerprint density at radius 3 is 2.63 bits per heavy atom. The van der Waals surface area contributed by atoms with Crippen molar-refractivity contribution in [2.24, 2.45) is 5.41 Å². The maximum absolute atomic E-state index is 11.3. The lowest BCUT2D eigenvalue weighted by molar-refractivity contribution is -0.000298. The molecule has 2 fully saturated rings. The first kappa shape index (κ1) is 12.8. The molecule has 1 aromatic rings. The molecule has 2 saturated heterocycles. The SMILES string of the molecule is O=C(O)c1ccc(Cl)cc1N1CC2(CCOCC2)C1. The van der Waals surface area contributed by atoms with Crippen molar-refractivity contribution < 1.29 is 14.6 Å². The number of hydrogen-bond donors (Lipinski definition) is 1. The fourth-order valence-corrected chi connectivity index (χ4v) is 3.17. The van der Waals surface area contributed by atoms with Gasteiger partial charge in [0.05, 0.1) is 11.3 Å². The van der Waals surface area contributed by atoms with Gasteiger partial charge in [0.2, 0.25) is 0 Å². The number of carboxylic acid groups (broad SMARTS) is 1. The molecule has 0 radical (unpaired) electrons. The van der Waals surface area contributed by atoms with Gasteiger partial charge in [0, 0.05) is 36.7 Å². The Morgan fingerprint density at radius 2 is 2.00 bits per heavy atom. The standard InChI is InChI=1S/C14H16ClNO3/c15-10-1-2-11(13(17)18)12(7-10)16-8-14(9-16)3-5-19-6-4-14/h1-2,7H,3-6,8-9H2,(H,17,18). The predicted molar refractivity (Wildman–Crippen MR) is 73.1 cm³/mol. The van der Waals surface area contributed by atoms with Gasteiger partial charge in [0.15, 0.2) is 0 Å². The van der Waals surface area contributed by atoms with E-state index >= 15 is 0 Å². The minimum atomic E-state index is -0.903. The van der Waals surface area contributed by atoms with E-state index in [1.165, 1.54) is 0 Å². The minimum Gasteiger partial charge on any atom is -0.478 e. The zero-order chi connectivity index (χ0) is 13.5. The minimum absolute atomic E-state index is 0.316. The summed E-state index contributed by atoms with van der Waals surface area (Å²) in [6.07, 6.45) is 2.12. The summed E-state index contributed by atoms with van der Waals surface area (Å²) in [7, 11) is 0. The average molecular weight is 282 g/mol. The van der Waals surface area contributed by atoms with Gasteiger partial charge in [-0.1, -0.05) is 11.6 Å². The molecule has 0 atom stereocenters. The van der Waals surface area contributed by atoms with E-state index in [0.717, 1.165) is 44.8 Å². The molecule has 2 heterocycles. The fourth-order valence-electron chi connectivity index (χ4n) is 3.00. The molecule has 0 unspecified atom stereocenters. The summed E-state index contributed by atoms with van der Waals surface area (Å²) in [4.78, 5) is 13.4. The lowest BCUT2D eigenvalue weighted by Gasteiger charge is -2.53. The first-order valence-electron chi connectivity index (χ1n) is 6.45. The molecular weight excluding hydrogens is 266 g/mol. The molecule has 0 aliphatic carbocycles. The normalized spacial score (nSPS) is 21.2. The third kappa shape index (κ3) is 2.30. The highest BCUT2D eigenvalue weighted by atomic mass is 35.5. The van der Waals surface area contributed by atoms with E-state index in [9.17, 15) is 9.90 Å². The summed E-state index contributed by atoms with van der Waals surface area (Å²) in [6, 6.07) is 4.95. The van der Waals surface area contributed by atoms with Crippen molar-refractivity contribution in [1.29, 1.82) is 0 Å². The van der Waals surface area contributed by atoms with Crippen LogP contribution in [-0.4, -0.2) is 37.4 Å². The molecular formula is C14H16ClNO3. The molecule has 3 rings (SSSR count). The predicted octanol–water partition coefficient (Wildman–Crippen LogP) is 2.66. The number of aromatic carboxylic acids is 1. The van der Waals surface area contributed by atoms with Gasteiger partial charge in [-0.15, -0.1) is 0 Å². The van der Waals surface area contributed by atoms with Crippen LogP contribution in [0.15, 0.2) is 18.2 Å². The highest BCUT2D eigenvalue weighted by Gasteiger charge is 2.44. The maximum Gasteiger partial charge on any atom is 0.337 e. The van der Waals surface area contributed by atoms with Crippen LogP contribution in [0.5, 0.6) is 0 Å². The Bertz CT molecular complexity index is 503. The second-order valence-corrected chi connectivity index (χ2v) is 5.87. The van der Waals surface area contributed by atoms with E-state index in [2.05, 4.69) is 4.90 Å². The lowest BCUT2D eigenvalue weighted by Crippen LogP contribution is -2.58. The number of benzene rings is 1. The smallest absolute Gasteiger partial charge is 0.337 e. The Kier molecular flexibility index (Phi) is 3.15. The number of carboxylic acids is 1. The maximum atomic E-state index is 11.3. The summed E-state index contributed by atoms with van der Waals surface area (Å²) in [6.45, 7) is 3.43. The number of anilines is 1. The molecule has 1 spiro atoms. The Balaban J connectivity index is 1.81. The van der Waals surface area contributed by atoms with Crippen LogP contribution in [0.1, 0.15) is 23.2 Å². The topological polar surface area (TPSA) is 49.8 Å². The molecule has 1 aromatic carbocycles. The molecule has 0 bridgehead atoms. The van der Waals surface area contributed by atoms with Crippen LogP contribution in [0.3, 0.4) is 0 Å². The number of rotatable bonds is 2. The Morgan fingerprint density at radius 1 is 1.32 bits per heavy atom. The number of carbonyl (C=O) groups is 1. The molecule has 0 aromatic heterocycles. The van der Waals surface area contributed by atoms with E-state index in [1.807, 2.05) is 0 Å². The lowest BCUT2D eigenvalue weighted by atomic mass is 9.73. The average Bonchev–Trinajstić information content (AvgIpc) is 2.36. The third-order valence-corrected chi connectivity index (χ3v) is 4.37. The van der Waals surface area contributed by atoms with Crippen molar-refractivity contribution >= 4 is 23.3 Å². The largest absolute Gasteiger partial charge is 0.478 e. The van der Waals surface area contributed by atoms with Crippen LogP contribution in [0.4, 0.5) is 5.69 Å². The van der Waals surface area contributed by atoms with Crippen LogP contribution >= 0.6 is 11.6 Å². The third-order valence-electron chi connectivity index (χ3n) is 4.14. The molecule has 2 aliphatic rings. The van der Waals surface area contributed by atoms with Gasteiger partial charge in [0.25, 0.3) is 0 Å². The number of nitrogens with zero attached hydrogens (tertiary/aromatic N) is 1. The highest BCUT2D eigenvalue weighted by Crippen LogP contribution is 2.43. The van der Waals surface area contributed by atoms with Gasteiger partial charge < -0.3 is 14.7 Å². The molecule has 0 saturated carbocycles. The van der Waals surface area contributed by atoms with E-state index in [4.69, 9.17) is 16.3 Å². The molecule has 102 valence electrons. The zero-order valence-corrected chi connectivity index (χ0v) is 11.3. The second kappa shape index (κ2) is 4.69. The van der Waals surface area contributed by atoms with E-state index < -0.39 is 5.97 Å². The summed E-state index contributed by atoms with van der Waals surface area (Å²) in [5, 5.41) is 9.81. The van der Waals surface area contributed by atoms with Gasteiger partial charge in [-0.2, -0.15) is 0 Å². The number of ether oxygens (including phenoxy) is 1. The molecule has 0 amide bonds. The quantitative estimate of drug-likeness (QED) is 0.905. The van der Waals surface area contributed by atoms with Crippen molar-refractivity contribution in [3.8, 4) is 0 Å². The van der Waals surface area contributed by atoms with Crippen molar-refractivity contribution in [2.45, 2.75) is 12.8 Å². The Labute approximate surface area is 116 Å². The van der Waals surface area contributed by atoms with Gasteiger partial charge >= 0.3 is 5.97 Å². The summed E-state index contributed by atoms with van der Waals surface area (Å²) >= 11 is 5.98. The molecule has 4 nitrogen and oxygen atoms in total. The van der Waals surface area contributed by atoms with Crippen LogP contribution < -0.4 is 4.90 Å². The van der Waals surface area contributed by atoms with E-state index in [0.29, 0.717) is 16.0 Å². The van der Waals surface area contributed by atoms with E-state index in [-0.39, 0.29) is 0 Å². The zero-order valence-electron chi connectivity index (χ0n) is 10.6. The van der Waals surface area contributed by atoms with Crippen LogP contribution in [-0.2, 0) is 4.74 Å². The Hall–Kier alpha value is -1.26. The summed E-state index contributed by atoms with van der Waals surface area (Å²) in [5.74, 6) is -0.903. The van der Waals surface area contributed by atoms with Crippen molar-refractivity contribution in [2.75, 3.05) is 31.2 Å². The monoisotopic (exact) mass is 281 g/mol. The highest BCUT2D eigenvalue weighted by molar-refractivity contribution is 6.31. The van der Waals surface area contributed by atoms with Gasteiger partial charge in [0.1, 0.15) is 0 Å². The summed E-state index contributed by atoms with van der Waals surface area (Å²) in [5.41, 5.74) is 1.37. The fraction of sp³-hybridized carbons (Fsp3) is 0.500. The second-order valence-electron chi connectivity index (χ2n) is 5.44. The summed E-state index contributed by atoms with van der Waals surface area (Å²) < 4.78 is 5.39. The van der Waals surface area contributed by atoms with Gasteiger partial charge in [-0.05, 0) is 31.0 Å². The van der Waals surface area contributed by atoms with Gasteiger partial charge in [-0.3, -0.25) is 0 Å². The first-order valence-corrected chi connectivity index (χ1v) is 6.83. The van der Waals surface area contributed by atoms with Crippen molar-refractivity contribution in [3.63, 3.8) is 0 Å². The molecule has 1 N–H and O–H groups in total. The molecule has 5 heteroatoms. The number of halogens is 1. The number of hydrogen-bond acceptors (Lipinski definition) is 3. The van der Waals surface area contributed by atoms with Crippen molar-refractivity contribution in [1.82, 2.24) is 0 Å². The molecule has 19 heavy (non-hydrogen) atoms. The van der Waals surface area contributed by atoms with E-state index in [1.54, 1.807) is 18.2 Å². The molecule has 2 aliphatic heterocycles. The van der Waals surface area contributed by atoms with Crippen LogP contribution in [0.25, 0.3) is 0 Å². The van der Waals surface area contributed by atoms with Crippen LogP contribution in [0.2, 0.25) is 5.02 Å². The van der Waals surface area contributed by atoms with Crippen LogP contribution in [0, 0.1) is 5.41 Å². The van der Waals surface area contributed by atoms with Crippen molar-refractivity contribution in [3.05, 3.63) is 28.8 Å². The van der Waals surface area contributed by atoms with Gasteiger partial charge in [-0.25, -0.2) is 4.79 Å². The first-order chi connectivity index (χ1) is 9.10.